The van der Waals surface area contributed by atoms with E-state index in [1.165, 1.54) is 0 Å². The largest absolute Gasteiger partial charge is 0.394 e. The summed E-state index contributed by atoms with van der Waals surface area (Å²) in [7, 11) is 0. The molecule has 0 amide bonds. The molecule has 0 aliphatic carbocycles. The van der Waals surface area contributed by atoms with E-state index < -0.39 is 0 Å². The van der Waals surface area contributed by atoms with Crippen molar-refractivity contribution in [1.29, 1.82) is 0 Å². The highest BCUT2D eigenvalue weighted by atomic mass is 16.5. The highest BCUT2D eigenvalue weighted by Crippen LogP contribution is 2.00. The van der Waals surface area contributed by atoms with E-state index in [1.54, 1.807) is 6.92 Å². The van der Waals surface area contributed by atoms with Crippen molar-refractivity contribution in [1.82, 2.24) is 10.1 Å². The van der Waals surface area contributed by atoms with E-state index in [2.05, 4.69) is 15.5 Å². The second-order valence-electron chi connectivity index (χ2n) is 2.41. The predicted octanol–water partition coefficient (Wildman–Crippen LogP) is -0.201. The van der Waals surface area contributed by atoms with Crippen LogP contribution in [-0.4, -0.2) is 41.6 Å². The molecule has 1 aromatic heterocycles. The second-order valence-corrected chi connectivity index (χ2v) is 2.41. The monoisotopic (exact) mass is 187 g/mol. The Labute approximate surface area is 75.9 Å². The quantitative estimate of drug-likeness (QED) is 0.600. The smallest absolute Gasteiger partial charge is 0.321 e. The number of hydrogen-bond donors (Lipinski definition) is 2. The van der Waals surface area contributed by atoms with Gasteiger partial charge in [-0.3, -0.25) is 0 Å². The lowest BCUT2D eigenvalue weighted by Crippen LogP contribution is -2.11. The maximum Gasteiger partial charge on any atom is 0.321 e. The van der Waals surface area contributed by atoms with Gasteiger partial charge < -0.3 is 19.7 Å². The van der Waals surface area contributed by atoms with Gasteiger partial charge in [0.2, 0.25) is 0 Å². The number of aliphatic hydroxyl groups is 1. The number of aryl methyl sites for hydroxylation is 1. The topological polar surface area (TPSA) is 80.4 Å². The van der Waals surface area contributed by atoms with E-state index in [0.717, 1.165) is 0 Å². The predicted molar refractivity (Wildman–Crippen MR) is 45.4 cm³/mol. The third-order valence-corrected chi connectivity index (χ3v) is 1.29. The SMILES string of the molecule is Cc1noc(NCCOCCO)n1. The Balaban J connectivity index is 2.06. The normalized spacial score (nSPS) is 10.3. The number of aliphatic hydroxyl groups excluding tert-OH is 1. The summed E-state index contributed by atoms with van der Waals surface area (Å²) in [5.74, 6) is 0.596. The standard InChI is InChI=1S/C7H13N3O3/c1-6-9-7(13-10-6)8-2-4-12-5-3-11/h11H,2-5H2,1H3,(H,8,9,10). The molecule has 0 aromatic carbocycles. The molecule has 0 saturated carbocycles. The Morgan fingerprint density at radius 1 is 1.54 bits per heavy atom. The molecule has 0 radical (unpaired) electrons. The van der Waals surface area contributed by atoms with E-state index >= 15 is 0 Å². The molecule has 0 unspecified atom stereocenters. The van der Waals surface area contributed by atoms with Crippen molar-refractivity contribution in [2.24, 2.45) is 0 Å². The van der Waals surface area contributed by atoms with Gasteiger partial charge in [-0.05, 0) is 6.92 Å². The minimum atomic E-state index is 0.0413. The molecule has 1 rings (SSSR count). The minimum Gasteiger partial charge on any atom is -0.394 e. The van der Waals surface area contributed by atoms with Crippen molar-refractivity contribution >= 4 is 6.01 Å². The first kappa shape index (κ1) is 9.94. The molecule has 13 heavy (non-hydrogen) atoms. The van der Waals surface area contributed by atoms with Crippen molar-refractivity contribution < 1.29 is 14.4 Å². The maximum atomic E-state index is 8.40. The van der Waals surface area contributed by atoms with Crippen molar-refractivity contribution in [3.63, 3.8) is 0 Å². The summed E-state index contributed by atoms with van der Waals surface area (Å²) in [5.41, 5.74) is 0. The van der Waals surface area contributed by atoms with Crippen LogP contribution in [0.4, 0.5) is 6.01 Å². The van der Waals surface area contributed by atoms with Crippen LogP contribution in [0.15, 0.2) is 4.52 Å². The van der Waals surface area contributed by atoms with Crippen LogP contribution in [0.1, 0.15) is 5.82 Å². The Hall–Kier alpha value is -1.14. The Morgan fingerprint density at radius 2 is 2.38 bits per heavy atom. The van der Waals surface area contributed by atoms with Gasteiger partial charge in [-0.2, -0.15) is 4.98 Å². The van der Waals surface area contributed by atoms with Gasteiger partial charge in [0.15, 0.2) is 5.82 Å². The fraction of sp³-hybridized carbons (Fsp3) is 0.714. The molecule has 74 valence electrons. The van der Waals surface area contributed by atoms with E-state index in [-0.39, 0.29) is 6.61 Å². The van der Waals surface area contributed by atoms with Crippen LogP contribution >= 0.6 is 0 Å². The third kappa shape index (κ3) is 3.86. The van der Waals surface area contributed by atoms with Crippen LogP contribution in [0.25, 0.3) is 0 Å². The number of rotatable bonds is 6. The molecule has 0 aliphatic heterocycles. The number of aromatic nitrogens is 2. The molecule has 2 N–H and O–H groups in total. The number of hydrogen-bond acceptors (Lipinski definition) is 6. The zero-order chi connectivity index (χ0) is 9.52. The van der Waals surface area contributed by atoms with Gasteiger partial charge in [0.1, 0.15) is 0 Å². The van der Waals surface area contributed by atoms with Gasteiger partial charge in [-0.1, -0.05) is 5.16 Å². The minimum absolute atomic E-state index is 0.0413. The highest BCUT2D eigenvalue weighted by molar-refractivity contribution is 5.17. The Bertz CT molecular complexity index is 239. The first-order valence-corrected chi connectivity index (χ1v) is 4.05. The molecule has 0 aliphatic rings. The van der Waals surface area contributed by atoms with Crippen molar-refractivity contribution in [2.75, 3.05) is 31.7 Å². The van der Waals surface area contributed by atoms with E-state index in [4.69, 9.17) is 14.4 Å². The fourth-order valence-corrected chi connectivity index (χ4v) is 0.766. The van der Waals surface area contributed by atoms with Gasteiger partial charge in [-0.15, -0.1) is 0 Å². The summed E-state index contributed by atoms with van der Waals surface area (Å²) < 4.78 is 9.80. The van der Waals surface area contributed by atoms with Crippen LogP contribution in [-0.2, 0) is 4.74 Å². The van der Waals surface area contributed by atoms with Gasteiger partial charge in [0.25, 0.3) is 0 Å². The summed E-state index contributed by atoms with van der Waals surface area (Å²) >= 11 is 0. The summed E-state index contributed by atoms with van der Waals surface area (Å²) in [4.78, 5) is 3.93. The van der Waals surface area contributed by atoms with Crippen LogP contribution in [0.2, 0.25) is 0 Å². The molecule has 6 heteroatoms. The summed E-state index contributed by atoms with van der Waals surface area (Å²) in [6.07, 6.45) is 0. The molecule has 6 nitrogen and oxygen atoms in total. The van der Waals surface area contributed by atoms with Gasteiger partial charge in [-0.25, -0.2) is 0 Å². The molecule has 1 heterocycles. The lowest BCUT2D eigenvalue weighted by molar-refractivity contribution is 0.0989. The van der Waals surface area contributed by atoms with E-state index in [9.17, 15) is 0 Å². The molecule has 0 spiro atoms. The highest BCUT2D eigenvalue weighted by Gasteiger charge is 1.99. The Morgan fingerprint density at radius 3 is 3.00 bits per heavy atom. The number of nitrogens with zero attached hydrogens (tertiary/aromatic N) is 2. The third-order valence-electron chi connectivity index (χ3n) is 1.29. The van der Waals surface area contributed by atoms with Crippen LogP contribution in [0, 0.1) is 6.92 Å². The van der Waals surface area contributed by atoms with Gasteiger partial charge in [0, 0.05) is 6.54 Å². The molecule has 0 atom stereocenters. The molecular weight excluding hydrogens is 174 g/mol. The number of nitrogens with one attached hydrogen (secondary N) is 1. The van der Waals surface area contributed by atoms with Gasteiger partial charge >= 0.3 is 6.01 Å². The fourth-order valence-electron chi connectivity index (χ4n) is 0.766. The van der Waals surface area contributed by atoms with E-state index in [1.807, 2.05) is 0 Å². The summed E-state index contributed by atoms with van der Waals surface area (Å²) in [6, 6.07) is 0.394. The lowest BCUT2D eigenvalue weighted by Gasteiger charge is -2.01. The van der Waals surface area contributed by atoms with Crippen molar-refractivity contribution in [2.45, 2.75) is 6.92 Å². The molecule has 0 fully saturated rings. The summed E-state index contributed by atoms with van der Waals surface area (Å²) in [5, 5.41) is 14.9. The lowest BCUT2D eigenvalue weighted by atomic mass is 10.6. The number of ether oxygens (including phenoxy) is 1. The average molecular weight is 187 g/mol. The zero-order valence-electron chi connectivity index (χ0n) is 7.49. The molecule has 1 aromatic rings. The van der Waals surface area contributed by atoms with Crippen molar-refractivity contribution in [3.05, 3.63) is 5.82 Å². The first-order chi connectivity index (χ1) is 6.33. The Kier molecular flexibility index (Phi) is 4.20. The summed E-state index contributed by atoms with van der Waals surface area (Å²) in [6.45, 7) is 3.23. The molecular formula is C7H13N3O3. The van der Waals surface area contributed by atoms with Gasteiger partial charge in [0.05, 0.1) is 19.8 Å². The van der Waals surface area contributed by atoms with Crippen LogP contribution in [0.3, 0.4) is 0 Å². The number of anilines is 1. The average Bonchev–Trinajstić information content (AvgIpc) is 2.51. The second kappa shape index (κ2) is 5.50. The first-order valence-electron chi connectivity index (χ1n) is 4.05. The van der Waals surface area contributed by atoms with Crippen molar-refractivity contribution in [3.8, 4) is 0 Å². The van der Waals surface area contributed by atoms with Crippen LogP contribution < -0.4 is 5.32 Å². The molecule has 0 saturated heterocycles. The van der Waals surface area contributed by atoms with E-state index in [0.29, 0.717) is 31.6 Å². The van der Waals surface area contributed by atoms with Crippen LogP contribution in [0.5, 0.6) is 0 Å². The maximum absolute atomic E-state index is 8.40. The molecule has 0 bridgehead atoms. The zero-order valence-corrected chi connectivity index (χ0v) is 7.49.